The molecule has 0 spiro atoms. The normalized spacial score (nSPS) is 18.2. The van der Waals surface area contributed by atoms with Gasteiger partial charge in [-0.25, -0.2) is 0 Å². The Morgan fingerprint density at radius 2 is 0.818 bits per heavy atom. The van der Waals surface area contributed by atoms with E-state index in [-0.39, 0.29) is 5.78 Å². The van der Waals surface area contributed by atoms with Crippen LogP contribution in [-0.4, -0.2) is 14.5 Å². The Morgan fingerprint density at radius 1 is 0.515 bits per heavy atom. The number of benzene rings is 4. The van der Waals surface area contributed by atoms with Crippen molar-refractivity contribution >= 4 is 14.5 Å². The van der Waals surface area contributed by atoms with Gasteiger partial charge in [-0.3, -0.25) is 4.79 Å². The zero-order chi connectivity index (χ0) is 23.1. The summed E-state index contributed by atoms with van der Waals surface area (Å²) in [5.74, 6) is 0.00370. The molecular formula is C30H26O2Si. The Kier molecular flexibility index (Phi) is 5.10. The van der Waals surface area contributed by atoms with Crippen LogP contribution in [0.15, 0.2) is 121 Å². The van der Waals surface area contributed by atoms with Crippen molar-refractivity contribution in [1.29, 1.82) is 0 Å². The van der Waals surface area contributed by atoms with Gasteiger partial charge in [0, 0.05) is 0 Å². The van der Waals surface area contributed by atoms with E-state index in [9.17, 15) is 9.26 Å². The maximum Gasteiger partial charge on any atom is 0.307 e. The molecule has 0 atom stereocenters. The van der Waals surface area contributed by atoms with Crippen molar-refractivity contribution in [2.45, 2.75) is 29.3 Å². The van der Waals surface area contributed by atoms with Gasteiger partial charge in [-0.15, -0.1) is 0 Å². The summed E-state index contributed by atoms with van der Waals surface area (Å²) in [5, 5.41) is -2.04. The van der Waals surface area contributed by atoms with E-state index < -0.39 is 24.2 Å². The predicted molar refractivity (Wildman–Crippen MR) is 133 cm³/mol. The van der Waals surface area contributed by atoms with Crippen LogP contribution >= 0.6 is 0 Å². The molecule has 1 saturated heterocycles. The second kappa shape index (κ2) is 7.86. The van der Waals surface area contributed by atoms with Gasteiger partial charge in [0.15, 0.2) is 5.78 Å². The minimum absolute atomic E-state index is 0.00370. The molecule has 0 aliphatic carbocycles. The summed E-state index contributed by atoms with van der Waals surface area (Å²) >= 11 is 0. The van der Waals surface area contributed by atoms with Gasteiger partial charge in [0.05, 0.1) is 15.5 Å². The lowest BCUT2D eigenvalue weighted by Gasteiger charge is -2.45. The Balaban J connectivity index is 2.07. The van der Waals surface area contributed by atoms with E-state index in [1.807, 2.05) is 135 Å². The fraction of sp³-hybridized carbons (Fsp3) is 0.167. The topological polar surface area (TPSA) is 34.1 Å². The molecule has 1 aliphatic rings. The number of hydrogen-bond donors (Lipinski definition) is 0. The molecule has 1 fully saturated rings. The van der Waals surface area contributed by atoms with Crippen LogP contribution in [0.5, 0.6) is 0 Å². The first-order valence-electron chi connectivity index (χ1n) is 11.3. The molecule has 2 nitrogen and oxygen atoms in total. The van der Waals surface area contributed by atoms with Crippen LogP contribution in [0.4, 0.5) is 0 Å². The van der Waals surface area contributed by atoms with Crippen LogP contribution < -0.4 is 0 Å². The highest BCUT2D eigenvalue weighted by Crippen LogP contribution is 2.64. The van der Waals surface area contributed by atoms with Crippen molar-refractivity contribution < 1.29 is 9.26 Å². The maximum atomic E-state index is 14.9. The van der Waals surface area contributed by atoms with Crippen LogP contribution in [0.3, 0.4) is 0 Å². The monoisotopic (exact) mass is 446 g/mol. The Bertz CT molecular complexity index is 1110. The zero-order valence-electron chi connectivity index (χ0n) is 18.9. The molecule has 33 heavy (non-hydrogen) atoms. The average molecular weight is 447 g/mol. The summed E-state index contributed by atoms with van der Waals surface area (Å²) in [6, 6.07) is 39.8. The summed E-state index contributed by atoms with van der Waals surface area (Å²) in [6.07, 6.45) is 0. The Labute approximate surface area is 196 Å². The number of Topliss-reactive ketones (excluding diaryl/α,β-unsaturated/α-hetero) is 1. The van der Waals surface area contributed by atoms with Crippen molar-refractivity contribution in [1.82, 2.24) is 0 Å². The minimum Gasteiger partial charge on any atom is -0.386 e. The van der Waals surface area contributed by atoms with Crippen molar-refractivity contribution in [2.75, 3.05) is 0 Å². The second-order valence-corrected chi connectivity index (χ2v) is 11.9. The molecule has 5 rings (SSSR count). The minimum atomic E-state index is -2.58. The molecule has 0 bridgehead atoms. The molecule has 0 aromatic heterocycles. The molecule has 4 aromatic carbocycles. The second-order valence-electron chi connectivity index (χ2n) is 9.25. The van der Waals surface area contributed by atoms with Gasteiger partial charge in [0.2, 0.25) is 0 Å². The third kappa shape index (κ3) is 2.75. The third-order valence-corrected chi connectivity index (χ3v) is 10.2. The summed E-state index contributed by atoms with van der Waals surface area (Å²) in [7, 11) is -2.58. The van der Waals surface area contributed by atoms with Gasteiger partial charge in [0.25, 0.3) is 0 Å². The van der Waals surface area contributed by atoms with E-state index in [0.717, 1.165) is 22.3 Å². The van der Waals surface area contributed by atoms with Crippen LogP contribution in [0, 0.1) is 0 Å². The van der Waals surface area contributed by atoms with E-state index in [4.69, 9.17) is 0 Å². The number of rotatable bonds is 4. The highest BCUT2D eigenvalue weighted by atomic mass is 28.3. The SMILES string of the molecule is CC1(C)C(=O)C(c2ccccc2)(c2ccccc2)C(c2ccccc2)(c2ccccc2)[Si]1=O. The highest BCUT2D eigenvalue weighted by molar-refractivity contribution is 6.63. The van der Waals surface area contributed by atoms with Gasteiger partial charge >= 0.3 is 8.68 Å². The van der Waals surface area contributed by atoms with E-state index in [0.29, 0.717) is 0 Å². The molecule has 1 aliphatic heterocycles. The summed E-state index contributed by atoms with van der Waals surface area (Å²) in [4.78, 5) is 14.7. The predicted octanol–water partition coefficient (Wildman–Crippen LogP) is 6.28. The number of carbonyl (C=O) groups excluding carboxylic acids is 1. The van der Waals surface area contributed by atoms with Gasteiger partial charge in [-0.05, 0) is 36.1 Å². The quantitative estimate of drug-likeness (QED) is 0.346. The van der Waals surface area contributed by atoms with Crippen molar-refractivity contribution in [3.63, 3.8) is 0 Å². The maximum absolute atomic E-state index is 14.9. The smallest absolute Gasteiger partial charge is 0.307 e. The van der Waals surface area contributed by atoms with Crippen LogP contribution in [0.25, 0.3) is 0 Å². The van der Waals surface area contributed by atoms with Gasteiger partial charge < -0.3 is 4.46 Å². The van der Waals surface area contributed by atoms with E-state index in [1.54, 1.807) is 0 Å². The first-order valence-corrected chi connectivity index (χ1v) is 12.7. The largest absolute Gasteiger partial charge is 0.386 e. The first kappa shape index (κ1) is 21.4. The zero-order valence-corrected chi connectivity index (χ0v) is 19.9. The van der Waals surface area contributed by atoms with Crippen molar-refractivity contribution in [2.24, 2.45) is 0 Å². The van der Waals surface area contributed by atoms with Crippen molar-refractivity contribution in [3.8, 4) is 0 Å². The summed E-state index contributed by atoms with van der Waals surface area (Å²) < 4.78 is 14.9. The third-order valence-electron chi connectivity index (χ3n) is 7.21. The lowest BCUT2D eigenvalue weighted by molar-refractivity contribution is -0.124. The Morgan fingerprint density at radius 3 is 1.15 bits per heavy atom. The van der Waals surface area contributed by atoms with E-state index in [1.165, 1.54) is 0 Å². The molecule has 0 unspecified atom stereocenters. The van der Waals surface area contributed by atoms with Crippen LogP contribution in [-0.2, 0) is 19.7 Å². The molecule has 4 aromatic rings. The molecular weight excluding hydrogens is 420 g/mol. The molecule has 0 amide bonds. The van der Waals surface area contributed by atoms with Crippen LogP contribution in [0.2, 0.25) is 5.04 Å². The van der Waals surface area contributed by atoms with Gasteiger partial charge in [-0.2, -0.15) is 0 Å². The number of ketones is 1. The summed E-state index contributed by atoms with van der Waals surface area (Å²) in [6.45, 7) is 3.73. The molecule has 0 radical (unpaired) electrons. The number of carbonyl (C=O) groups is 1. The standard InChI is InChI=1S/C30H26O2Si/c1-28(2)27(31)29(23-15-7-3-8-16-23,24-17-9-4-10-18-24)30(33(28)32,25-19-11-5-12-20-25)26-21-13-6-14-22-26/h3-22H,1-2H3. The molecule has 0 N–H and O–H groups in total. The molecule has 0 saturated carbocycles. The first-order chi connectivity index (χ1) is 16.0. The van der Waals surface area contributed by atoms with Crippen molar-refractivity contribution in [3.05, 3.63) is 144 Å². The average Bonchev–Trinajstić information content (AvgIpc) is 3.02. The van der Waals surface area contributed by atoms with Gasteiger partial charge in [-0.1, -0.05) is 121 Å². The van der Waals surface area contributed by atoms with Gasteiger partial charge in [0.1, 0.15) is 0 Å². The number of hydrogen-bond acceptors (Lipinski definition) is 2. The van der Waals surface area contributed by atoms with Crippen LogP contribution in [0.1, 0.15) is 36.1 Å². The summed E-state index contributed by atoms with van der Waals surface area (Å²) in [5.41, 5.74) is 2.42. The van der Waals surface area contributed by atoms with E-state index >= 15 is 0 Å². The fourth-order valence-corrected chi connectivity index (χ4v) is 8.79. The highest BCUT2D eigenvalue weighted by Gasteiger charge is 2.75. The lowest BCUT2D eigenvalue weighted by Crippen LogP contribution is -2.54. The fourth-order valence-electron chi connectivity index (χ4n) is 5.86. The molecule has 162 valence electrons. The van der Waals surface area contributed by atoms with E-state index in [2.05, 4.69) is 0 Å². The lowest BCUT2D eigenvalue weighted by atomic mass is 9.57. The molecule has 3 heteroatoms. The molecule has 1 heterocycles. The Hall–Kier alpha value is -3.43.